The number of aliphatic hydroxyl groups is 1. The van der Waals surface area contributed by atoms with Gasteiger partial charge in [-0.15, -0.1) is 0 Å². The van der Waals surface area contributed by atoms with Crippen molar-refractivity contribution in [3.05, 3.63) is 22.6 Å². The molecular formula is C13H20N4O4. The van der Waals surface area contributed by atoms with Crippen LogP contribution in [0.2, 0.25) is 0 Å². The molecule has 0 aromatic carbocycles. The number of hydrogen-bond donors (Lipinski definition) is 2. The zero-order chi connectivity index (χ0) is 15.3. The fourth-order valence-electron chi connectivity index (χ4n) is 2.53. The standard InChI is InChI=1S/C13H20N4O4/c18-12(14-9-13(19)5-2-1-3-6-13)4-7-16-8-11(15-10-16)17(20)21/h8,10,19H,1-7,9H2,(H,14,18). The van der Waals surface area contributed by atoms with Crippen LogP contribution in [0.3, 0.4) is 0 Å². The molecule has 0 unspecified atom stereocenters. The molecular weight excluding hydrogens is 276 g/mol. The molecule has 1 saturated carbocycles. The third kappa shape index (κ3) is 4.52. The molecule has 1 fully saturated rings. The van der Waals surface area contributed by atoms with Gasteiger partial charge in [0.25, 0.3) is 0 Å². The van der Waals surface area contributed by atoms with Crippen molar-refractivity contribution in [1.29, 1.82) is 0 Å². The highest BCUT2D eigenvalue weighted by Gasteiger charge is 2.29. The van der Waals surface area contributed by atoms with Crippen molar-refractivity contribution < 1.29 is 14.8 Å². The van der Waals surface area contributed by atoms with E-state index in [2.05, 4.69) is 10.3 Å². The van der Waals surface area contributed by atoms with Crippen molar-refractivity contribution in [2.75, 3.05) is 6.54 Å². The first-order valence-corrected chi connectivity index (χ1v) is 7.14. The van der Waals surface area contributed by atoms with Crippen molar-refractivity contribution in [3.63, 3.8) is 0 Å². The van der Waals surface area contributed by atoms with Crippen LogP contribution in [-0.4, -0.2) is 37.6 Å². The lowest BCUT2D eigenvalue weighted by molar-refractivity contribution is -0.389. The number of aryl methyl sites for hydroxylation is 1. The van der Waals surface area contributed by atoms with E-state index < -0.39 is 10.5 Å². The van der Waals surface area contributed by atoms with E-state index in [1.54, 1.807) is 0 Å². The van der Waals surface area contributed by atoms with E-state index in [-0.39, 0.29) is 24.7 Å². The van der Waals surface area contributed by atoms with E-state index in [0.29, 0.717) is 6.54 Å². The number of nitro groups is 1. The second-order valence-corrected chi connectivity index (χ2v) is 5.54. The molecule has 1 heterocycles. The maximum atomic E-state index is 11.8. The number of carbonyl (C=O) groups excluding carboxylic acids is 1. The zero-order valence-corrected chi connectivity index (χ0v) is 11.8. The second kappa shape index (κ2) is 6.66. The third-order valence-electron chi connectivity index (χ3n) is 3.80. The predicted molar refractivity (Wildman–Crippen MR) is 74.5 cm³/mol. The van der Waals surface area contributed by atoms with Gasteiger partial charge in [-0.25, -0.2) is 0 Å². The largest absolute Gasteiger partial charge is 0.388 e. The molecule has 0 saturated heterocycles. The van der Waals surface area contributed by atoms with Crippen LogP contribution in [0, 0.1) is 10.1 Å². The Balaban J connectivity index is 1.72. The van der Waals surface area contributed by atoms with E-state index in [1.165, 1.54) is 17.1 Å². The van der Waals surface area contributed by atoms with Crippen molar-refractivity contribution in [2.24, 2.45) is 0 Å². The highest BCUT2D eigenvalue weighted by Crippen LogP contribution is 2.27. The lowest BCUT2D eigenvalue weighted by Crippen LogP contribution is -2.44. The summed E-state index contributed by atoms with van der Waals surface area (Å²) < 4.78 is 1.51. The molecule has 2 N–H and O–H groups in total. The van der Waals surface area contributed by atoms with Gasteiger partial charge in [0, 0.05) is 19.5 Å². The minimum atomic E-state index is -0.776. The van der Waals surface area contributed by atoms with Crippen LogP contribution in [0.4, 0.5) is 5.82 Å². The smallest absolute Gasteiger partial charge is 0.381 e. The van der Waals surface area contributed by atoms with Gasteiger partial charge in [-0.2, -0.15) is 0 Å². The Morgan fingerprint density at radius 1 is 1.48 bits per heavy atom. The van der Waals surface area contributed by atoms with Gasteiger partial charge >= 0.3 is 5.82 Å². The van der Waals surface area contributed by atoms with Crippen LogP contribution >= 0.6 is 0 Å². The topological polar surface area (TPSA) is 110 Å². The fraction of sp³-hybridized carbons (Fsp3) is 0.692. The van der Waals surface area contributed by atoms with Gasteiger partial charge in [0.15, 0.2) is 0 Å². The van der Waals surface area contributed by atoms with E-state index in [9.17, 15) is 20.0 Å². The summed E-state index contributed by atoms with van der Waals surface area (Å²) in [5.74, 6) is -0.405. The summed E-state index contributed by atoms with van der Waals surface area (Å²) in [6.45, 7) is 0.598. The van der Waals surface area contributed by atoms with Crippen molar-refractivity contribution in [2.45, 2.75) is 50.7 Å². The van der Waals surface area contributed by atoms with Crippen LogP contribution in [0.15, 0.2) is 12.5 Å². The van der Waals surface area contributed by atoms with Gasteiger partial charge in [-0.05, 0) is 22.7 Å². The molecule has 0 atom stereocenters. The van der Waals surface area contributed by atoms with Crippen LogP contribution in [0.25, 0.3) is 0 Å². The number of imidazole rings is 1. The Kier molecular flexibility index (Phi) is 4.89. The van der Waals surface area contributed by atoms with Gasteiger partial charge in [0.05, 0.1) is 5.60 Å². The molecule has 21 heavy (non-hydrogen) atoms. The first-order chi connectivity index (χ1) is 9.98. The molecule has 0 aliphatic heterocycles. The van der Waals surface area contributed by atoms with Crippen LogP contribution in [0.1, 0.15) is 38.5 Å². The zero-order valence-electron chi connectivity index (χ0n) is 11.8. The molecule has 0 radical (unpaired) electrons. The Hall–Kier alpha value is -1.96. The Labute approximate surface area is 122 Å². The first kappa shape index (κ1) is 15.4. The van der Waals surface area contributed by atoms with E-state index in [0.717, 1.165) is 32.1 Å². The van der Waals surface area contributed by atoms with Crippen molar-refractivity contribution in [1.82, 2.24) is 14.9 Å². The van der Waals surface area contributed by atoms with Crippen molar-refractivity contribution >= 4 is 11.7 Å². The molecule has 116 valence electrons. The predicted octanol–water partition coefficient (Wildman–Crippen LogP) is 0.993. The molecule has 8 nitrogen and oxygen atoms in total. The second-order valence-electron chi connectivity index (χ2n) is 5.54. The first-order valence-electron chi connectivity index (χ1n) is 7.14. The summed E-state index contributed by atoms with van der Waals surface area (Å²) in [4.78, 5) is 25.3. The number of rotatable bonds is 6. The number of carbonyl (C=O) groups is 1. The molecule has 1 aromatic heterocycles. The van der Waals surface area contributed by atoms with Gasteiger partial charge in [0.1, 0.15) is 6.20 Å². The normalized spacial score (nSPS) is 17.4. The maximum Gasteiger partial charge on any atom is 0.381 e. The lowest BCUT2D eigenvalue weighted by Gasteiger charge is -2.32. The monoisotopic (exact) mass is 296 g/mol. The number of nitrogens with zero attached hydrogens (tertiary/aromatic N) is 3. The van der Waals surface area contributed by atoms with E-state index >= 15 is 0 Å². The highest BCUT2D eigenvalue weighted by atomic mass is 16.6. The summed E-state index contributed by atoms with van der Waals surface area (Å²) in [7, 11) is 0. The summed E-state index contributed by atoms with van der Waals surface area (Å²) in [5.41, 5.74) is -0.776. The number of aromatic nitrogens is 2. The van der Waals surface area contributed by atoms with Crippen molar-refractivity contribution in [3.8, 4) is 0 Å². The number of hydrogen-bond acceptors (Lipinski definition) is 5. The van der Waals surface area contributed by atoms with Crippen LogP contribution in [0.5, 0.6) is 0 Å². The van der Waals surface area contributed by atoms with Gasteiger partial charge in [0.2, 0.25) is 12.2 Å². The molecule has 0 spiro atoms. The average molecular weight is 296 g/mol. The van der Waals surface area contributed by atoms with E-state index in [1.807, 2.05) is 0 Å². The maximum absolute atomic E-state index is 11.8. The molecule has 1 aliphatic rings. The number of nitrogens with one attached hydrogen (secondary N) is 1. The minimum Gasteiger partial charge on any atom is -0.388 e. The summed E-state index contributed by atoms with van der Waals surface area (Å²) in [5, 5.41) is 23.5. The molecule has 1 aromatic rings. The van der Waals surface area contributed by atoms with Gasteiger partial charge in [-0.1, -0.05) is 19.3 Å². The Morgan fingerprint density at radius 2 is 2.19 bits per heavy atom. The molecule has 0 bridgehead atoms. The SMILES string of the molecule is O=C(CCn1cnc([N+](=O)[O-])c1)NCC1(O)CCCCC1. The summed E-state index contributed by atoms with van der Waals surface area (Å²) >= 11 is 0. The lowest BCUT2D eigenvalue weighted by atomic mass is 9.85. The van der Waals surface area contributed by atoms with Crippen LogP contribution < -0.4 is 5.32 Å². The molecule has 1 aliphatic carbocycles. The quantitative estimate of drug-likeness (QED) is 0.601. The van der Waals surface area contributed by atoms with E-state index in [4.69, 9.17) is 0 Å². The molecule has 1 amide bonds. The average Bonchev–Trinajstić information content (AvgIpc) is 2.93. The Morgan fingerprint density at radius 3 is 2.81 bits per heavy atom. The summed E-state index contributed by atoms with van der Waals surface area (Å²) in [6, 6.07) is 0. The Bertz CT molecular complexity index is 508. The van der Waals surface area contributed by atoms with Crippen LogP contribution in [-0.2, 0) is 11.3 Å². The molecule has 2 rings (SSSR count). The minimum absolute atomic E-state index is 0.176. The fourth-order valence-corrected chi connectivity index (χ4v) is 2.53. The summed E-state index contributed by atoms with van der Waals surface area (Å²) in [6.07, 6.45) is 7.39. The van der Waals surface area contributed by atoms with Gasteiger partial charge < -0.3 is 25.1 Å². The van der Waals surface area contributed by atoms with Gasteiger partial charge in [-0.3, -0.25) is 4.79 Å². The third-order valence-corrected chi connectivity index (χ3v) is 3.80. The number of amides is 1. The highest BCUT2D eigenvalue weighted by molar-refractivity contribution is 5.75. The molecule has 8 heteroatoms.